The van der Waals surface area contributed by atoms with Gasteiger partial charge in [-0.05, 0) is 6.92 Å². The van der Waals surface area contributed by atoms with Gasteiger partial charge in [0.25, 0.3) is 0 Å². The summed E-state index contributed by atoms with van der Waals surface area (Å²) in [5.74, 6) is -0.255. The minimum atomic E-state index is -0.783. The predicted molar refractivity (Wildman–Crippen MR) is 47.6 cm³/mol. The van der Waals surface area contributed by atoms with Crippen LogP contribution in [0.15, 0.2) is 4.99 Å². The lowest BCUT2D eigenvalue weighted by atomic mass is 10.4. The van der Waals surface area contributed by atoms with E-state index in [4.69, 9.17) is 9.84 Å². The summed E-state index contributed by atoms with van der Waals surface area (Å²) in [5.41, 5.74) is 0. The number of hydrogen-bond acceptors (Lipinski definition) is 4. The summed E-state index contributed by atoms with van der Waals surface area (Å²) >= 11 is 1.36. The average Bonchev–Trinajstić information content (AvgIpc) is 2.35. The van der Waals surface area contributed by atoms with Crippen molar-refractivity contribution in [3.63, 3.8) is 0 Å². The number of thioether (sulfide) groups is 1. The lowest BCUT2D eigenvalue weighted by molar-refractivity contribution is -0.136. The summed E-state index contributed by atoms with van der Waals surface area (Å²) in [6.07, 6.45) is 0.154. The highest BCUT2D eigenvalue weighted by Crippen LogP contribution is 2.14. The monoisotopic (exact) mass is 189 g/mol. The van der Waals surface area contributed by atoms with Crippen LogP contribution >= 0.6 is 11.8 Å². The van der Waals surface area contributed by atoms with Crippen molar-refractivity contribution in [3.8, 4) is 0 Å². The summed E-state index contributed by atoms with van der Waals surface area (Å²) in [4.78, 5) is 14.3. The van der Waals surface area contributed by atoms with Crippen LogP contribution in [0.25, 0.3) is 0 Å². The van der Waals surface area contributed by atoms with Crippen molar-refractivity contribution in [2.24, 2.45) is 4.99 Å². The molecule has 5 heteroatoms. The molecule has 1 N–H and O–H groups in total. The Kier molecular flexibility index (Phi) is 3.40. The van der Waals surface area contributed by atoms with Gasteiger partial charge in [0.05, 0.1) is 12.5 Å². The molecule has 0 aromatic heterocycles. The Hall–Kier alpha value is -0.710. The van der Waals surface area contributed by atoms with Crippen molar-refractivity contribution >= 4 is 23.0 Å². The highest BCUT2D eigenvalue weighted by molar-refractivity contribution is 8.13. The number of nitrogens with zero attached hydrogens (tertiary/aromatic N) is 1. The number of carbonyl (C=O) groups is 1. The highest BCUT2D eigenvalue weighted by Gasteiger charge is 2.14. The SMILES string of the molecule is CC1COC(SCCC(=O)O)=N1. The van der Waals surface area contributed by atoms with Gasteiger partial charge in [-0.3, -0.25) is 4.79 Å². The molecule has 0 saturated carbocycles. The van der Waals surface area contributed by atoms with Crippen molar-refractivity contribution in [2.75, 3.05) is 12.4 Å². The van der Waals surface area contributed by atoms with E-state index in [-0.39, 0.29) is 12.5 Å². The van der Waals surface area contributed by atoms with E-state index in [0.29, 0.717) is 17.6 Å². The zero-order valence-electron chi connectivity index (χ0n) is 6.82. The zero-order valence-corrected chi connectivity index (χ0v) is 7.63. The molecule has 0 amide bonds. The average molecular weight is 189 g/mol. The smallest absolute Gasteiger partial charge is 0.304 e. The van der Waals surface area contributed by atoms with Crippen LogP contribution in [0.4, 0.5) is 0 Å². The van der Waals surface area contributed by atoms with E-state index in [1.807, 2.05) is 6.92 Å². The molecule has 1 unspecified atom stereocenters. The molecule has 68 valence electrons. The molecule has 1 heterocycles. The lowest BCUT2D eigenvalue weighted by Crippen LogP contribution is -2.00. The Morgan fingerprint density at radius 3 is 3.17 bits per heavy atom. The second-order valence-corrected chi connectivity index (χ2v) is 3.59. The minimum Gasteiger partial charge on any atom is -0.481 e. The van der Waals surface area contributed by atoms with Crippen molar-refractivity contribution in [1.29, 1.82) is 0 Å². The summed E-state index contributed by atoms with van der Waals surface area (Å²) in [7, 11) is 0. The molecule has 0 aliphatic carbocycles. The third kappa shape index (κ3) is 3.13. The number of rotatable bonds is 3. The Morgan fingerprint density at radius 1 is 1.92 bits per heavy atom. The van der Waals surface area contributed by atoms with Crippen LogP contribution in [-0.2, 0) is 9.53 Å². The maximum absolute atomic E-state index is 10.1. The highest BCUT2D eigenvalue weighted by atomic mass is 32.2. The molecular formula is C7H11NO3S. The number of carboxylic acid groups (broad SMARTS) is 1. The van der Waals surface area contributed by atoms with Gasteiger partial charge in [-0.25, -0.2) is 4.99 Å². The molecule has 0 fully saturated rings. The second kappa shape index (κ2) is 4.35. The van der Waals surface area contributed by atoms with Crippen LogP contribution in [0.1, 0.15) is 13.3 Å². The maximum atomic E-state index is 10.1. The fraction of sp³-hybridized carbons (Fsp3) is 0.714. The van der Waals surface area contributed by atoms with Gasteiger partial charge in [0, 0.05) is 5.75 Å². The standard InChI is InChI=1S/C7H11NO3S/c1-5-4-11-7(8-5)12-3-2-6(9)10/h5H,2-4H2,1H3,(H,9,10). The van der Waals surface area contributed by atoms with Crippen LogP contribution in [0.2, 0.25) is 0 Å². The Bertz CT molecular complexity index is 205. The maximum Gasteiger partial charge on any atom is 0.304 e. The summed E-state index contributed by atoms with van der Waals surface area (Å²) < 4.78 is 5.17. The van der Waals surface area contributed by atoms with Crippen LogP contribution < -0.4 is 0 Å². The molecule has 1 rings (SSSR count). The van der Waals surface area contributed by atoms with Gasteiger partial charge in [-0.2, -0.15) is 0 Å². The van der Waals surface area contributed by atoms with Crippen LogP contribution in [-0.4, -0.2) is 34.7 Å². The van der Waals surface area contributed by atoms with Crippen molar-refractivity contribution in [3.05, 3.63) is 0 Å². The molecule has 0 radical (unpaired) electrons. The third-order valence-electron chi connectivity index (χ3n) is 1.32. The summed E-state index contributed by atoms with van der Waals surface area (Å²) in [6, 6.07) is 0.220. The van der Waals surface area contributed by atoms with E-state index < -0.39 is 5.97 Å². The number of ether oxygens (including phenoxy) is 1. The lowest BCUT2D eigenvalue weighted by Gasteiger charge is -1.97. The molecule has 4 nitrogen and oxygen atoms in total. The van der Waals surface area contributed by atoms with E-state index in [1.165, 1.54) is 11.8 Å². The molecule has 0 aromatic carbocycles. The van der Waals surface area contributed by atoms with Gasteiger partial charge < -0.3 is 9.84 Å². The molecule has 0 spiro atoms. The Balaban J connectivity index is 2.15. The Labute approximate surface area is 75.0 Å². The van der Waals surface area contributed by atoms with Crippen molar-refractivity contribution < 1.29 is 14.6 Å². The Morgan fingerprint density at radius 2 is 2.67 bits per heavy atom. The van der Waals surface area contributed by atoms with Gasteiger partial charge >= 0.3 is 5.97 Å². The van der Waals surface area contributed by atoms with E-state index in [9.17, 15) is 4.79 Å². The van der Waals surface area contributed by atoms with E-state index >= 15 is 0 Å². The van der Waals surface area contributed by atoms with Gasteiger partial charge in [0.15, 0.2) is 0 Å². The van der Waals surface area contributed by atoms with Gasteiger partial charge in [0.2, 0.25) is 5.23 Å². The first-order chi connectivity index (χ1) is 5.68. The number of aliphatic imine (C=N–C) groups is 1. The molecule has 0 aromatic rings. The van der Waals surface area contributed by atoms with E-state index in [0.717, 1.165) is 0 Å². The van der Waals surface area contributed by atoms with Crippen molar-refractivity contribution in [2.45, 2.75) is 19.4 Å². The number of aliphatic carboxylic acids is 1. The summed E-state index contributed by atoms with van der Waals surface area (Å²) in [5, 5.41) is 8.97. The van der Waals surface area contributed by atoms with Gasteiger partial charge in [0.1, 0.15) is 6.61 Å². The first-order valence-corrected chi connectivity index (χ1v) is 4.72. The van der Waals surface area contributed by atoms with Crippen molar-refractivity contribution in [1.82, 2.24) is 0 Å². The second-order valence-electron chi connectivity index (χ2n) is 2.55. The number of carboxylic acids is 1. The topological polar surface area (TPSA) is 58.9 Å². The zero-order chi connectivity index (χ0) is 8.97. The van der Waals surface area contributed by atoms with E-state index in [1.54, 1.807) is 0 Å². The normalized spacial score (nSPS) is 21.8. The largest absolute Gasteiger partial charge is 0.481 e. The number of hydrogen-bond donors (Lipinski definition) is 1. The first kappa shape index (κ1) is 9.38. The molecule has 1 aliphatic rings. The fourth-order valence-corrected chi connectivity index (χ4v) is 1.61. The van der Waals surface area contributed by atoms with E-state index in [2.05, 4.69) is 4.99 Å². The van der Waals surface area contributed by atoms with Crippen LogP contribution in [0.5, 0.6) is 0 Å². The molecule has 1 aliphatic heterocycles. The molecule has 0 bridgehead atoms. The quantitative estimate of drug-likeness (QED) is 0.718. The van der Waals surface area contributed by atoms with Crippen LogP contribution in [0.3, 0.4) is 0 Å². The fourth-order valence-electron chi connectivity index (χ4n) is 0.751. The minimum absolute atomic E-state index is 0.154. The summed E-state index contributed by atoms with van der Waals surface area (Å²) in [6.45, 7) is 2.58. The molecule has 1 atom stereocenters. The molecular weight excluding hydrogens is 178 g/mol. The molecule has 12 heavy (non-hydrogen) atoms. The predicted octanol–water partition coefficient (Wildman–Crippen LogP) is 0.969. The van der Waals surface area contributed by atoms with Gasteiger partial charge in [-0.15, -0.1) is 0 Å². The third-order valence-corrected chi connectivity index (χ3v) is 2.19. The molecule has 0 saturated heterocycles. The van der Waals surface area contributed by atoms with Crippen LogP contribution in [0, 0.1) is 0 Å². The first-order valence-electron chi connectivity index (χ1n) is 3.73. The van der Waals surface area contributed by atoms with Gasteiger partial charge in [-0.1, -0.05) is 11.8 Å².